The lowest BCUT2D eigenvalue weighted by Gasteiger charge is -2.27. The van der Waals surface area contributed by atoms with Gasteiger partial charge in [0.25, 0.3) is 0 Å². The number of fused-ring (bicyclic) bond motifs is 1. The Kier molecular flexibility index (Phi) is 3.32. The van der Waals surface area contributed by atoms with Gasteiger partial charge in [-0.3, -0.25) is 4.79 Å². The van der Waals surface area contributed by atoms with E-state index < -0.39 is 0 Å². The van der Waals surface area contributed by atoms with Crippen molar-refractivity contribution in [3.8, 4) is 0 Å². The Bertz CT molecular complexity index is 334. The number of nitrogens with two attached hydrogens (primary N) is 1. The predicted molar refractivity (Wildman–Crippen MR) is 68.9 cm³/mol. The number of nitrogens with zero attached hydrogens (tertiary/aromatic N) is 1. The van der Waals surface area contributed by atoms with Crippen LogP contribution in [0.2, 0.25) is 0 Å². The van der Waals surface area contributed by atoms with Gasteiger partial charge in [0.2, 0.25) is 5.91 Å². The second-order valence-electron chi connectivity index (χ2n) is 6.31. The Hall–Kier alpha value is -0.610. The molecule has 3 aliphatic rings. The summed E-state index contributed by atoms with van der Waals surface area (Å²) in [5.41, 5.74) is 6.03. The number of ether oxygens (including phenoxy) is 1. The molecule has 1 aliphatic carbocycles. The van der Waals surface area contributed by atoms with E-state index in [9.17, 15) is 4.79 Å². The molecule has 0 radical (unpaired) electrons. The topological polar surface area (TPSA) is 55.6 Å². The molecule has 4 nitrogen and oxygen atoms in total. The van der Waals surface area contributed by atoms with E-state index in [-0.39, 0.29) is 12.0 Å². The molecular formula is C14H24N2O2. The van der Waals surface area contributed by atoms with E-state index in [1.165, 1.54) is 6.42 Å². The summed E-state index contributed by atoms with van der Waals surface area (Å²) in [6.45, 7) is 4.65. The fourth-order valence-corrected chi connectivity index (χ4v) is 3.94. The maximum absolute atomic E-state index is 12.5. The third-order valence-electron chi connectivity index (χ3n) is 5.10. The Morgan fingerprint density at radius 3 is 2.72 bits per heavy atom. The SMILES string of the molecule is CC1OCCC1C(=O)N1C[C@H]2CCC(N)C[C@H]2C1. The summed E-state index contributed by atoms with van der Waals surface area (Å²) in [6, 6.07) is 0.357. The summed E-state index contributed by atoms with van der Waals surface area (Å²) in [5.74, 6) is 1.77. The van der Waals surface area contributed by atoms with Gasteiger partial charge in [-0.15, -0.1) is 0 Å². The van der Waals surface area contributed by atoms with Gasteiger partial charge < -0.3 is 15.4 Å². The van der Waals surface area contributed by atoms with E-state index in [2.05, 4.69) is 4.90 Å². The van der Waals surface area contributed by atoms with Gasteiger partial charge in [-0.05, 0) is 44.4 Å². The molecule has 4 heteroatoms. The van der Waals surface area contributed by atoms with Gasteiger partial charge in [0.1, 0.15) is 0 Å². The quantitative estimate of drug-likeness (QED) is 0.757. The van der Waals surface area contributed by atoms with E-state index in [0.717, 1.165) is 39.0 Å². The number of amides is 1. The largest absolute Gasteiger partial charge is 0.378 e. The molecule has 0 aromatic heterocycles. The van der Waals surface area contributed by atoms with Gasteiger partial charge in [0.05, 0.1) is 12.0 Å². The molecule has 5 atom stereocenters. The summed E-state index contributed by atoms with van der Waals surface area (Å²) >= 11 is 0. The van der Waals surface area contributed by atoms with Gasteiger partial charge >= 0.3 is 0 Å². The zero-order chi connectivity index (χ0) is 12.7. The number of rotatable bonds is 1. The minimum absolute atomic E-state index is 0.0961. The second kappa shape index (κ2) is 4.82. The molecule has 3 unspecified atom stereocenters. The van der Waals surface area contributed by atoms with Crippen molar-refractivity contribution in [1.29, 1.82) is 0 Å². The maximum Gasteiger partial charge on any atom is 0.228 e. The highest BCUT2D eigenvalue weighted by Gasteiger charge is 2.42. The monoisotopic (exact) mass is 252 g/mol. The van der Waals surface area contributed by atoms with Crippen LogP contribution in [0, 0.1) is 17.8 Å². The summed E-state index contributed by atoms with van der Waals surface area (Å²) in [6.07, 6.45) is 4.43. The number of likely N-dealkylation sites (tertiary alicyclic amines) is 1. The summed E-state index contributed by atoms with van der Waals surface area (Å²) in [4.78, 5) is 14.6. The number of carbonyl (C=O) groups is 1. The molecule has 0 bridgehead atoms. The van der Waals surface area contributed by atoms with Crippen LogP contribution in [0.4, 0.5) is 0 Å². The van der Waals surface area contributed by atoms with E-state index in [4.69, 9.17) is 10.5 Å². The van der Waals surface area contributed by atoms with Crippen LogP contribution in [0.5, 0.6) is 0 Å². The van der Waals surface area contributed by atoms with Crippen molar-refractivity contribution in [1.82, 2.24) is 4.90 Å². The molecule has 0 aromatic rings. The zero-order valence-corrected chi connectivity index (χ0v) is 11.2. The number of hydrogen-bond donors (Lipinski definition) is 1. The third-order valence-corrected chi connectivity index (χ3v) is 5.10. The molecule has 102 valence electrons. The van der Waals surface area contributed by atoms with Crippen molar-refractivity contribution in [2.45, 2.75) is 44.8 Å². The Labute approximate surface area is 109 Å². The molecule has 2 heterocycles. The highest BCUT2D eigenvalue weighted by atomic mass is 16.5. The Balaban J connectivity index is 1.63. The first kappa shape index (κ1) is 12.4. The fourth-order valence-electron chi connectivity index (χ4n) is 3.94. The summed E-state index contributed by atoms with van der Waals surface area (Å²) < 4.78 is 5.51. The van der Waals surface area contributed by atoms with Crippen LogP contribution >= 0.6 is 0 Å². The summed E-state index contributed by atoms with van der Waals surface area (Å²) in [7, 11) is 0. The molecule has 18 heavy (non-hydrogen) atoms. The average Bonchev–Trinajstić information content (AvgIpc) is 2.93. The van der Waals surface area contributed by atoms with Crippen LogP contribution in [0.1, 0.15) is 32.6 Å². The van der Waals surface area contributed by atoms with Crippen LogP contribution in [0.15, 0.2) is 0 Å². The molecule has 2 N–H and O–H groups in total. The summed E-state index contributed by atoms with van der Waals surface area (Å²) in [5, 5.41) is 0. The maximum atomic E-state index is 12.5. The smallest absolute Gasteiger partial charge is 0.228 e. The number of carbonyl (C=O) groups excluding carboxylic acids is 1. The predicted octanol–water partition coefficient (Wildman–Crippen LogP) is 0.997. The first-order valence-corrected chi connectivity index (χ1v) is 7.31. The van der Waals surface area contributed by atoms with Crippen LogP contribution < -0.4 is 5.73 Å². The highest BCUT2D eigenvalue weighted by molar-refractivity contribution is 5.80. The average molecular weight is 252 g/mol. The first-order valence-electron chi connectivity index (χ1n) is 7.31. The van der Waals surface area contributed by atoms with Gasteiger partial charge in [0, 0.05) is 25.7 Å². The van der Waals surface area contributed by atoms with E-state index >= 15 is 0 Å². The molecule has 3 fully saturated rings. The molecule has 0 aromatic carbocycles. The van der Waals surface area contributed by atoms with Gasteiger partial charge in [-0.2, -0.15) is 0 Å². The minimum atomic E-state index is 0.0961. The van der Waals surface area contributed by atoms with Crippen LogP contribution in [0.3, 0.4) is 0 Å². The normalized spacial score (nSPS) is 44.1. The van der Waals surface area contributed by atoms with Crippen LogP contribution in [0.25, 0.3) is 0 Å². The standard InChI is InChI=1S/C14H24N2O2/c1-9-13(4-5-18-9)14(17)16-7-10-2-3-12(15)6-11(10)8-16/h9-13H,2-8,15H2,1H3/t9?,10-,11+,12?,13?/m1/s1. The Morgan fingerprint density at radius 1 is 1.22 bits per heavy atom. The van der Waals surface area contributed by atoms with Crippen molar-refractivity contribution in [2.75, 3.05) is 19.7 Å². The van der Waals surface area contributed by atoms with Gasteiger partial charge in [0.15, 0.2) is 0 Å². The van der Waals surface area contributed by atoms with Crippen molar-refractivity contribution < 1.29 is 9.53 Å². The van der Waals surface area contributed by atoms with E-state index in [0.29, 0.717) is 23.8 Å². The van der Waals surface area contributed by atoms with E-state index in [1.807, 2.05) is 6.92 Å². The fraction of sp³-hybridized carbons (Fsp3) is 0.929. The van der Waals surface area contributed by atoms with Crippen molar-refractivity contribution in [3.63, 3.8) is 0 Å². The second-order valence-corrected chi connectivity index (χ2v) is 6.31. The molecular weight excluding hydrogens is 228 g/mol. The van der Waals surface area contributed by atoms with Crippen molar-refractivity contribution >= 4 is 5.91 Å². The highest BCUT2D eigenvalue weighted by Crippen LogP contribution is 2.37. The van der Waals surface area contributed by atoms with Gasteiger partial charge in [-0.25, -0.2) is 0 Å². The minimum Gasteiger partial charge on any atom is -0.378 e. The molecule has 0 spiro atoms. The van der Waals surface area contributed by atoms with E-state index in [1.54, 1.807) is 0 Å². The molecule has 3 rings (SSSR count). The molecule has 1 amide bonds. The molecule has 1 saturated carbocycles. The van der Waals surface area contributed by atoms with Gasteiger partial charge in [-0.1, -0.05) is 0 Å². The lowest BCUT2D eigenvalue weighted by Crippen LogP contribution is -2.37. The lowest BCUT2D eigenvalue weighted by atomic mass is 9.79. The molecule has 2 saturated heterocycles. The molecule has 2 aliphatic heterocycles. The first-order chi connectivity index (χ1) is 8.65. The van der Waals surface area contributed by atoms with Crippen molar-refractivity contribution in [2.24, 2.45) is 23.5 Å². The Morgan fingerprint density at radius 2 is 2.00 bits per heavy atom. The van der Waals surface area contributed by atoms with Crippen LogP contribution in [-0.4, -0.2) is 42.6 Å². The third kappa shape index (κ3) is 2.16. The van der Waals surface area contributed by atoms with Crippen LogP contribution in [-0.2, 0) is 9.53 Å². The van der Waals surface area contributed by atoms with Crippen molar-refractivity contribution in [3.05, 3.63) is 0 Å². The lowest BCUT2D eigenvalue weighted by molar-refractivity contribution is -0.136. The number of hydrogen-bond acceptors (Lipinski definition) is 3. The zero-order valence-electron chi connectivity index (χ0n) is 11.2.